The van der Waals surface area contributed by atoms with Gasteiger partial charge in [-0.2, -0.15) is 0 Å². The molecule has 0 spiro atoms. The second kappa shape index (κ2) is 36.6. The van der Waals surface area contributed by atoms with E-state index in [-0.39, 0.29) is 32.3 Å². The first kappa shape index (κ1) is 55.8. The molecule has 0 amide bonds. The van der Waals surface area contributed by atoms with E-state index < -0.39 is 57.4 Å². The van der Waals surface area contributed by atoms with Gasteiger partial charge >= 0.3 is 11.9 Å². The fraction of sp³-hybridized carbons (Fsp3) is 0.609. The van der Waals surface area contributed by atoms with E-state index in [1.165, 1.54) is 25.3 Å². The highest BCUT2D eigenvalue weighted by Gasteiger charge is 2.22. The summed E-state index contributed by atoms with van der Waals surface area (Å²) < 4.78 is 33.5. The summed E-state index contributed by atoms with van der Waals surface area (Å²) >= 11 is 0. The molecule has 0 saturated carbocycles. The summed E-state index contributed by atoms with van der Waals surface area (Å²) in [6, 6.07) is 0. The van der Waals surface area contributed by atoms with Gasteiger partial charge in [0.2, 0.25) is 0 Å². The third-order valence-corrected chi connectivity index (χ3v) is 9.39. The van der Waals surface area contributed by atoms with Gasteiger partial charge in [-0.25, -0.2) is 0 Å². The highest BCUT2D eigenvalue weighted by Crippen LogP contribution is 2.38. The quantitative estimate of drug-likeness (QED) is 0.0139. The molecule has 336 valence electrons. The number of carbonyl (C=O) groups excluding carboxylic acids is 2. The number of quaternary nitrogens is 1. The van der Waals surface area contributed by atoms with E-state index in [1.807, 2.05) is 40.2 Å². The normalized spacial score (nSPS) is 16.2. The second-order valence-electron chi connectivity index (χ2n) is 15.2. The Hall–Kier alpha value is -3.19. The van der Waals surface area contributed by atoms with Crippen LogP contribution in [0.25, 0.3) is 0 Å². The van der Waals surface area contributed by atoms with E-state index in [9.17, 15) is 34.4 Å². The van der Waals surface area contributed by atoms with Crippen molar-refractivity contribution in [3.05, 3.63) is 97.2 Å². The Morgan fingerprint density at radius 1 is 0.695 bits per heavy atom. The van der Waals surface area contributed by atoms with Crippen molar-refractivity contribution in [2.75, 3.05) is 47.5 Å². The minimum Gasteiger partial charge on any atom is -0.756 e. The monoisotopic (exact) mass is 850 g/mol. The van der Waals surface area contributed by atoms with Crippen molar-refractivity contribution < 1.29 is 57.4 Å². The standard InChI is InChI=1S/C46H76NO11P/c1-6-8-10-11-12-13-14-15-16-17-18-19-20-25-29-35-45(51)55-39-42(40-57-59(53,54)56-38-37-47(3,4)5)58-46(52)36-30-34-44(50)43(49)33-28-24-22-21-23-27-32-41(48)31-26-9-7-2/h9,12-13,15-16,18-19,21-24,26-28,32-33,41-44,48-50H,6-8,10-11,14,17,20,25,29-31,34-40H2,1-5H3/b13-12-,16-15-,19-18-,23-21+,24-22-,26-9-,32-27+,33-28-/t41-,42+,43+,44+/m0/s1. The molecule has 0 radical (unpaired) electrons. The summed E-state index contributed by atoms with van der Waals surface area (Å²) in [5.74, 6) is -1.23. The summed E-state index contributed by atoms with van der Waals surface area (Å²) in [7, 11) is 0.906. The van der Waals surface area contributed by atoms with E-state index in [4.69, 9.17) is 18.5 Å². The maximum Gasteiger partial charge on any atom is 0.306 e. The number of ether oxygens (including phenoxy) is 2. The van der Waals surface area contributed by atoms with Crippen LogP contribution >= 0.6 is 7.82 Å². The molecule has 0 aromatic heterocycles. The zero-order valence-corrected chi connectivity index (χ0v) is 37.4. The summed E-state index contributed by atoms with van der Waals surface area (Å²) in [6.07, 6.45) is 36.7. The average Bonchev–Trinajstić information content (AvgIpc) is 3.17. The molecule has 0 aromatic carbocycles. The average molecular weight is 850 g/mol. The maximum absolute atomic E-state index is 12.7. The van der Waals surface area contributed by atoms with Crippen molar-refractivity contribution in [2.45, 2.75) is 135 Å². The second-order valence-corrected chi connectivity index (χ2v) is 16.6. The molecule has 13 heteroatoms. The van der Waals surface area contributed by atoms with E-state index in [0.29, 0.717) is 23.9 Å². The first-order valence-corrected chi connectivity index (χ1v) is 22.7. The highest BCUT2D eigenvalue weighted by molar-refractivity contribution is 7.45. The van der Waals surface area contributed by atoms with Crippen LogP contribution in [0.15, 0.2) is 97.2 Å². The Morgan fingerprint density at radius 3 is 1.92 bits per heavy atom. The van der Waals surface area contributed by atoms with Gasteiger partial charge < -0.3 is 43.2 Å². The van der Waals surface area contributed by atoms with Crippen LogP contribution < -0.4 is 4.89 Å². The number of likely N-dealkylation sites (N-methyl/N-ethyl adjacent to an activating group) is 1. The summed E-state index contributed by atoms with van der Waals surface area (Å²) in [6.45, 7) is 3.51. The number of carbonyl (C=O) groups is 2. The number of nitrogens with zero attached hydrogens (tertiary/aromatic N) is 1. The summed E-state index contributed by atoms with van der Waals surface area (Å²) in [5, 5.41) is 30.5. The summed E-state index contributed by atoms with van der Waals surface area (Å²) in [5.41, 5.74) is 0. The Kier molecular flexibility index (Phi) is 34.7. The Bertz CT molecular complexity index is 1380. The molecule has 0 bridgehead atoms. The van der Waals surface area contributed by atoms with E-state index >= 15 is 0 Å². The van der Waals surface area contributed by atoms with Crippen LogP contribution in [0.5, 0.6) is 0 Å². The lowest BCUT2D eigenvalue weighted by atomic mass is 10.1. The van der Waals surface area contributed by atoms with Crippen LogP contribution in [0, 0.1) is 0 Å². The van der Waals surface area contributed by atoms with Gasteiger partial charge in [-0.15, -0.1) is 0 Å². The van der Waals surface area contributed by atoms with Gasteiger partial charge in [-0.05, 0) is 70.6 Å². The van der Waals surface area contributed by atoms with Gasteiger partial charge in [0.25, 0.3) is 7.82 Å². The minimum absolute atomic E-state index is 0.0829. The van der Waals surface area contributed by atoms with E-state index in [2.05, 4.69) is 43.4 Å². The molecule has 3 N–H and O–H groups in total. The van der Waals surface area contributed by atoms with Crippen LogP contribution in [0.4, 0.5) is 0 Å². The van der Waals surface area contributed by atoms with Crippen molar-refractivity contribution in [3.63, 3.8) is 0 Å². The molecule has 0 aliphatic carbocycles. The number of aliphatic hydroxyl groups is 3. The molecule has 12 nitrogen and oxygen atoms in total. The van der Waals surface area contributed by atoms with E-state index in [1.54, 1.807) is 42.5 Å². The molecule has 0 aliphatic heterocycles. The van der Waals surface area contributed by atoms with Gasteiger partial charge in [0.05, 0.1) is 46.1 Å². The third-order valence-electron chi connectivity index (χ3n) is 8.43. The lowest BCUT2D eigenvalue weighted by Gasteiger charge is -2.28. The molecule has 59 heavy (non-hydrogen) atoms. The predicted octanol–water partition coefficient (Wildman–Crippen LogP) is 8.07. The minimum atomic E-state index is -4.74. The molecular formula is C46H76NO11P. The lowest BCUT2D eigenvalue weighted by molar-refractivity contribution is -0.870. The summed E-state index contributed by atoms with van der Waals surface area (Å²) in [4.78, 5) is 37.5. The Labute approximate surface area is 355 Å². The number of unbranched alkanes of at least 4 members (excludes halogenated alkanes) is 5. The first-order chi connectivity index (χ1) is 28.2. The third kappa shape index (κ3) is 38.7. The Morgan fingerprint density at radius 2 is 1.29 bits per heavy atom. The maximum atomic E-state index is 12.7. The van der Waals surface area contributed by atoms with Gasteiger partial charge in [-0.1, -0.05) is 124 Å². The fourth-order valence-electron chi connectivity index (χ4n) is 4.94. The molecule has 0 saturated heterocycles. The Balaban J connectivity index is 4.82. The number of hydrogen-bond donors (Lipinski definition) is 3. The van der Waals surface area contributed by atoms with Gasteiger partial charge in [0.1, 0.15) is 19.8 Å². The van der Waals surface area contributed by atoms with E-state index in [0.717, 1.165) is 38.5 Å². The SMILES string of the molecule is CC/C=C\C[C@H](O)/C=C/C=C/C=C\C=C/[C@@H](O)[C@H](O)CCCC(=O)O[C@H](COC(=O)CCCC/C=C\C/C=C\C/C=C\CCCCC)COP(=O)([O-])OCC[N+](C)(C)C. The number of rotatable bonds is 36. The predicted molar refractivity (Wildman–Crippen MR) is 235 cm³/mol. The number of phosphoric ester groups is 1. The molecule has 0 aromatic rings. The first-order valence-electron chi connectivity index (χ1n) is 21.3. The largest absolute Gasteiger partial charge is 0.756 e. The molecule has 0 aliphatic rings. The number of aliphatic hydroxyl groups excluding tert-OH is 3. The van der Waals surface area contributed by atoms with Crippen LogP contribution in [0.2, 0.25) is 0 Å². The molecular weight excluding hydrogens is 773 g/mol. The van der Waals surface area contributed by atoms with Crippen molar-refractivity contribution in [1.29, 1.82) is 0 Å². The zero-order valence-electron chi connectivity index (χ0n) is 36.5. The van der Waals surface area contributed by atoms with Crippen molar-refractivity contribution in [1.82, 2.24) is 0 Å². The van der Waals surface area contributed by atoms with Crippen LogP contribution in [-0.4, -0.2) is 104 Å². The number of esters is 2. The highest BCUT2D eigenvalue weighted by atomic mass is 31.2. The topological polar surface area (TPSA) is 172 Å². The van der Waals surface area contributed by atoms with Crippen molar-refractivity contribution >= 4 is 19.8 Å². The molecule has 1 unspecified atom stereocenters. The smallest absolute Gasteiger partial charge is 0.306 e. The molecule has 0 rings (SSSR count). The molecule has 0 heterocycles. The van der Waals surface area contributed by atoms with Crippen molar-refractivity contribution in [3.8, 4) is 0 Å². The van der Waals surface area contributed by atoms with Gasteiger partial charge in [0, 0.05) is 12.8 Å². The number of hydrogen-bond acceptors (Lipinski definition) is 11. The van der Waals surface area contributed by atoms with Crippen LogP contribution in [0.1, 0.15) is 110 Å². The number of phosphoric acid groups is 1. The lowest BCUT2D eigenvalue weighted by Crippen LogP contribution is -2.37. The van der Waals surface area contributed by atoms with Crippen molar-refractivity contribution in [2.24, 2.45) is 0 Å². The zero-order chi connectivity index (χ0) is 44.0. The molecule has 0 fully saturated rings. The van der Waals surface area contributed by atoms with Crippen LogP contribution in [0.3, 0.4) is 0 Å². The number of allylic oxidation sites excluding steroid dienone is 13. The van der Waals surface area contributed by atoms with Gasteiger partial charge in [0.15, 0.2) is 6.10 Å². The molecule has 5 atom stereocenters. The van der Waals surface area contributed by atoms with Crippen LogP contribution in [-0.2, 0) is 32.7 Å². The fourth-order valence-corrected chi connectivity index (χ4v) is 5.67. The van der Waals surface area contributed by atoms with Gasteiger partial charge in [-0.3, -0.25) is 14.2 Å².